The van der Waals surface area contributed by atoms with Gasteiger partial charge in [0.2, 0.25) is 5.91 Å². The predicted octanol–water partition coefficient (Wildman–Crippen LogP) is 12.9. The highest BCUT2D eigenvalue weighted by Gasteiger charge is 2.18. The molecule has 2 unspecified atom stereocenters. The number of carbonyl (C=O) groups is 2. The van der Waals surface area contributed by atoms with Gasteiger partial charge in [0.05, 0.1) is 25.4 Å². The highest BCUT2D eigenvalue weighted by Crippen LogP contribution is 2.15. The summed E-state index contributed by atoms with van der Waals surface area (Å²) >= 11 is 0. The first-order chi connectivity index (χ1) is 26.0. The van der Waals surface area contributed by atoms with E-state index in [9.17, 15) is 19.8 Å². The molecule has 1 amide bonds. The number of unbranched alkanes of at least 4 members (excludes halogenated alkanes) is 26. The zero-order valence-electron chi connectivity index (χ0n) is 35.0. The maximum Gasteiger partial charge on any atom is 0.305 e. The van der Waals surface area contributed by atoms with Crippen molar-refractivity contribution >= 4 is 11.9 Å². The minimum absolute atomic E-state index is 0.0202. The number of ether oxygens (including phenoxy) is 1. The molecular weight excluding hydrogens is 659 g/mol. The van der Waals surface area contributed by atoms with Crippen molar-refractivity contribution in [2.24, 2.45) is 0 Å². The lowest BCUT2D eigenvalue weighted by molar-refractivity contribution is -0.143. The van der Waals surface area contributed by atoms with Crippen LogP contribution < -0.4 is 5.32 Å². The summed E-state index contributed by atoms with van der Waals surface area (Å²) in [5.74, 6) is -0.104. The smallest absolute Gasteiger partial charge is 0.305 e. The maximum atomic E-state index is 12.3. The van der Waals surface area contributed by atoms with Gasteiger partial charge in [-0.2, -0.15) is 0 Å². The number of hydrogen-bond donors (Lipinski definition) is 3. The van der Waals surface area contributed by atoms with Crippen molar-refractivity contribution in [1.82, 2.24) is 5.32 Å². The third-order valence-corrected chi connectivity index (χ3v) is 10.1. The van der Waals surface area contributed by atoms with Crippen molar-refractivity contribution in [3.8, 4) is 0 Å². The number of amides is 1. The van der Waals surface area contributed by atoms with Crippen LogP contribution in [0.2, 0.25) is 0 Å². The van der Waals surface area contributed by atoms with Crippen molar-refractivity contribution in [1.29, 1.82) is 0 Å². The third-order valence-electron chi connectivity index (χ3n) is 10.1. The summed E-state index contributed by atoms with van der Waals surface area (Å²) in [6, 6.07) is -0.634. The summed E-state index contributed by atoms with van der Waals surface area (Å²) in [4.78, 5) is 24.3. The van der Waals surface area contributed by atoms with Crippen LogP contribution >= 0.6 is 0 Å². The van der Waals surface area contributed by atoms with Crippen LogP contribution in [-0.4, -0.2) is 47.4 Å². The van der Waals surface area contributed by atoms with Gasteiger partial charge in [-0.25, -0.2) is 0 Å². The van der Waals surface area contributed by atoms with E-state index in [0.29, 0.717) is 19.4 Å². The maximum absolute atomic E-state index is 12.3. The number of aliphatic hydroxyl groups is 2. The Morgan fingerprint density at radius 3 is 1.51 bits per heavy atom. The fraction of sp³-hybridized carbons (Fsp3) is 0.830. The van der Waals surface area contributed by atoms with Crippen LogP contribution in [0.25, 0.3) is 0 Å². The van der Waals surface area contributed by atoms with Gasteiger partial charge in [-0.3, -0.25) is 9.59 Å². The fourth-order valence-electron chi connectivity index (χ4n) is 6.61. The lowest BCUT2D eigenvalue weighted by Gasteiger charge is -2.20. The molecule has 0 radical (unpaired) electrons. The molecule has 0 aromatic heterocycles. The second-order valence-corrected chi connectivity index (χ2v) is 15.4. The Labute approximate surface area is 328 Å². The Morgan fingerprint density at radius 2 is 0.981 bits per heavy atom. The van der Waals surface area contributed by atoms with Gasteiger partial charge in [0.25, 0.3) is 0 Å². The summed E-state index contributed by atoms with van der Waals surface area (Å²) in [6.07, 6.45) is 49.9. The Hall–Kier alpha value is -1.92. The molecule has 0 saturated carbocycles. The van der Waals surface area contributed by atoms with Gasteiger partial charge in [0, 0.05) is 12.8 Å². The molecular formula is C47H87NO5. The number of allylic oxidation sites excluding steroid dienone is 5. The van der Waals surface area contributed by atoms with E-state index in [1.807, 2.05) is 6.08 Å². The SMILES string of the molecule is CCC/C=C\C/C=C\CCCCCCCC(=O)OCCCCCCCCCCCCCCCCC(=O)NC(CO)C(O)/C=C/CCCCCCCCC. The van der Waals surface area contributed by atoms with Gasteiger partial charge >= 0.3 is 5.97 Å². The standard InChI is InChI=1S/C47H87NO5/c1-3-5-7-9-11-13-14-17-21-25-29-33-37-41-47(52)53-42-38-34-30-26-22-19-16-15-18-20-24-28-32-36-40-46(51)48-44(43-49)45(50)39-35-31-27-23-12-10-8-6-4-2/h7,9,13-14,35,39,44-45,49-50H,3-6,8,10-12,15-34,36-38,40-43H2,1-2H3,(H,48,51)/b9-7-,14-13-,39-35+. The van der Waals surface area contributed by atoms with Gasteiger partial charge in [0.15, 0.2) is 0 Å². The quantitative estimate of drug-likeness (QED) is 0.0329. The lowest BCUT2D eigenvalue weighted by Crippen LogP contribution is -2.45. The van der Waals surface area contributed by atoms with Crippen molar-refractivity contribution in [3.05, 3.63) is 36.5 Å². The molecule has 6 nitrogen and oxygen atoms in total. The molecule has 0 heterocycles. The molecule has 0 fully saturated rings. The minimum Gasteiger partial charge on any atom is -0.466 e. The van der Waals surface area contributed by atoms with Crippen molar-refractivity contribution in [3.63, 3.8) is 0 Å². The molecule has 0 aliphatic rings. The van der Waals surface area contributed by atoms with Crippen LogP contribution in [0.5, 0.6) is 0 Å². The van der Waals surface area contributed by atoms with Crippen molar-refractivity contribution in [2.75, 3.05) is 13.2 Å². The Morgan fingerprint density at radius 1 is 0.528 bits per heavy atom. The molecule has 0 aliphatic heterocycles. The fourth-order valence-corrected chi connectivity index (χ4v) is 6.61. The number of esters is 1. The number of carbonyl (C=O) groups excluding carboxylic acids is 2. The predicted molar refractivity (Wildman–Crippen MR) is 227 cm³/mol. The lowest BCUT2D eigenvalue weighted by atomic mass is 10.0. The van der Waals surface area contributed by atoms with Crippen LogP contribution in [-0.2, 0) is 14.3 Å². The minimum atomic E-state index is -0.849. The average molecular weight is 746 g/mol. The van der Waals surface area contributed by atoms with E-state index in [-0.39, 0.29) is 18.5 Å². The van der Waals surface area contributed by atoms with Gasteiger partial charge < -0.3 is 20.3 Å². The monoisotopic (exact) mass is 746 g/mol. The van der Waals surface area contributed by atoms with E-state index in [0.717, 1.165) is 70.6 Å². The van der Waals surface area contributed by atoms with Crippen LogP contribution in [0.15, 0.2) is 36.5 Å². The van der Waals surface area contributed by atoms with E-state index in [4.69, 9.17) is 4.74 Å². The number of hydrogen-bond acceptors (Lipinski definition) is 5. The molecule has 0 saturated heterocycles. The molecule has 0 aromatic rings. The summed E-state index contributed by atoms with van der Waals surface area (Å²) < 4.78 is 5.44. The Bertz CT molecular complexity index is 869. The summed E-state index contributed by atoms with van der Waals surface area (Å²) in [6.45, 7) is 4.76. The zero-order valence-corrected chi connectivity index (χ0v) is 35.0. The number of aliphatic hydroxyl groups excluding tert-OH is 2. The molecule has 0 rings (SSSR count). The number of nitrogens with one attached hydrogen (secondary N) is 1. The molecule has 53 heavy (non-hydrogen) atoms. The third kappa shape index (κ3) is 39.6. The molecule has 310 valence electrons. The van der Waals surface area contributed by atoms with Crippen LogP contribution in [0.1, 0.15) is 226 Å². The van der Waals surface area contributed by atoms with E-state index < -0.39 is 12.1 Å². The van der Waals surface area contributed by atoms with Crippen molar-refractivity contribution in [2.45, 2.75) is 238 Å². The summed E-state index contributed by atoms with van der Waals surface area (Å²) in [5.41, 5.74) is 0. The zero-order chi connectivity index (χ0) is 38.7. The second-order valence-electron chi connectivity index (χ2n) is 15.4. The van der Waals surface area contributed by atoms with E-state index in [1.54, 1.807) is 6.08 Å². The van der Waals surface area contributed by atoms with Crippen LogP contribution in [0, 0.1) is 0 Å². The van der Waals surface area contributed by atoms with E-state index >= 15 is 0 Å². The van der Waals surface area contributed by atoms with Gasteiger partial charge in [-0.05, 0) is 57.8 Å². The van der Waals surface area contributed by atoms with Crippen LogP contribution in [0.3, 0.4) is 0 Å². The normalized spacial score (nSPS) is 13.1. The summed E-state index contributed by atoms with van der Waals surface area (Å²) in [7, 11) is 0. The molecule has 0 bridgehead atoms. The van der Waals surface area contributed by atoms with E-state index in [1.165, 1.54) is 128 Å². The average Bonchev–Trinajstić information content (AvgIpc) is 3.16. The van der Waals surface area contributed by atoms with Gasteiger partial charge in [-0.15, -0.1) is 0 Å². The Kier molecular flexibility index (Phi) is 41.3. The first kappa shape index (κ1) is 51.1. The van der Waals surface area contributed by atoms with E-state index in [2.05, 4.69) is 43.5 Å². The van der Waals surface area contributed by atoms with Crippen molar-refractivity contribution < 1.29 is 24.5 Å². The molecule has 0 spiro atoms. The van der Waals surface area contributed by atoms with Gasteiger partial charge in [-0.1, -0.05) is 192 Å². The summed E-state index contributed by atoms with van der Waals surface area (Å²) in [5, 5.41) is 22.8. The molecule has 6 heteroatoms. The molecule has 2 atom stereocenters. The van der Waals surface area contributed by atoms with Gasteiger partial charge in [0.1, 0.15) is 0 Å². The largest absolute Gasteiger partial charge is 0.466 e. The van der Waals surface area contributed by atoms with Crippen LogP contribution in [0.4, 0.5) is 0 Å². The Balaban J connectivity index is 3.47. The first-order valence-electron chi connectivity index (χ1n) is 22.8. The topological polar surface area (TPSA) is 95.9 Å². The highest BCUT2D eigenvalue weighted by atomic mass is 16.5. The molecule has 0 aromatic carbocycles. The molecule has 3 N–H and O–H groups in total. The second kappa shape index (κ2) is 42.8. The first-order valence-corrected chi connectivity index (χ1v) is 22.8. The number of rotatable bonds is 41. The highest BCUT2D eigenvalue weighted by molar-refractivity contribution is 5.76. The molecule has 0 aliphatic carbocycles.